The molecule has 0 fully saturated rings. The van der Waals surface area contributed by atoms with Crippen LogP contribution in [0.5, 0.6) is 17.2 Å². The van der Waals surface area contributed by atoms with Crippen molar-refractivity contribution in [3.05, 3.63) is 124 Å². The Balaban J connectivity index is 0.000000731. The molecule has 4 aromatic carbocycles. The first kappa shape index (κ1) is 42.8. The highest BCUT2D eigenvalue weighted by Gasteiger charge is 2.54. The van der Waals surface area contributed by atoms with E-state index in [0.717, 1.165) is 12.1 Å². The molecule has 0 aliphatic heterocycles. The van der Waals surface area contributed by atoms with Crippen molar-refractivity contribution in [3.8, 4) is 17.2 Å². The number of hydrogen-bond acceptors (Lipinski definition) is 4. The molecular weight excluding hydrogens is 737 g/mol. The summed E-state index contributed by atoms with van der Waals surface area (Å²) in [5.41, 5.74) is -2.34. The summed E-state index contributed by atoms with van der Waals surface area (Å²) in [5, 5.41) is 0. The van der Waals surface area contributed by atoms with Gasteiger partial charge >= 0.3 is 7.32 Å². The fourth-order valence-electron chi connectivity index (χ4n) is 5.79. The van der Waals surface area contributed by atoms with Crippen molar-refractivity contribution in [1.82, 2.24) is 0 Å². The molecule has 0 bridgehead atoms. The zero-order valence-electron chi connectivity index (χ0n) is 28.8. The molecule has 0 aromatic heterocycles. The molecule has 0 saturated heterocycles. The van der Waals surface area contributed by atoms with Gasteiger partial charge in [0.1, 0.15) is 22.8 Å². The van der Waals surface area contributed by atoms with Crippen molar-refractivity contribution in [2.45, 2.75) is 46.8 Å². The first-order valence-corrected chi connectivity index (χ1v) is 15.9. The molecule has 4 aromatic rings. The van der Waals surface area contributed by atoms with Crippen molar-refractivity contribution in [2.24, 2.45) is 0 Å². The lowest BCUT2D eigenvalue weighted by atomic mass is 9.91. The Labute approximate surface area is 297 Å². The highest BCUT2D eigenvalue weighted by molar-refractivity contribution is 6.39. The van der Waals surface area contributed by atoms with E-state index in [1.165, 1.54) is 0 Å². The topological polar surface area (TPSA) is 36.9 Å². The quantitative estimate of drug-likeness (QED) is 0.0320. The van der Waals surface area contributed by atoms with Crippen LogP contribution in [-0.2, 0) is 10.5 Å². The number of hydrogen-bond donors (Lipinski definition) is 0. The normalized spacial score (nSPS) is 12.5. The Morgan fingerprint density at radius 2 is 0.925 bits per heavy atom. The van der Waals surface area contributed by atoms with Gasteiger partial charge in [0, 0.05) is 48.4 Å². The monoisotopic (exact) mass is 769 g/mol. The van der Waals surface area contributed by atoms with Crippen LogP contribution >= 0.6 is 0 Å². The summed E-state index contributed by atoms with van der Waals surface area (Å²) in [6.45, 7) is 9.48. The van der Waals surface area contributed by atoms with Gasteiger partial charge in [0.2, 0.25) is 5.72 Å². The number of rotatable bonds is 14. The molecule has 0 heterocycles. The fourth-order valence-corrected chi connectivity index (χ4v) is 5.79. The van der Waals surface area contributed by atoms with E-state index in [0.29, 0.717) is 50.0 Å². The maximum Gasteiger partial charge on any atom is 0.864 e. The van der Waals surface area contributed by atoms with Crippen molar-refractivity contribution >= 4 is 7.32 Å². The summed E-state index contributed by atoms with van der Waals surface area (Å²) in [6, 6.07) is 5.44. The Morgan fingerprint density at radius 1 is 0.528 bits per heavy atom. The van der Waals surface area contributed by atoms with Crippen molar-refractivity contribution < 1.29 is 75.9 Å². The summed E-state index contributed by atoms with van der Waals surface area (Å²) in [6.07, 6.45) is -0.0101. The van der Waals surface area contributed by atoms with E-state index < -0.39 is 106 Å². The summed E-state index contributed by atoms with van der Waals surface area (Å²) in [4.78, 5) is 0. The van der Waals surface area contributed by atoms with E-state index in [-0.39, 0.29) is 17.5 Å². The lowest BCUT2D eigenvalue weighted by molar-refractivity contribution is -1.01. The molecule has 0 radical (unpaired) electrons. The number of nitrogens with zero attached hydrogens (tertiary/aromatic N) is 1. The van der Waals surface area contributed by atoms with Gasteiger partial charge in [0.25, 0.3) is 0 Å². The van der Waals surface area contributed by atoms with E-state index in [2.05, 4.69) is 6.07 Å². The van der Waals surface area contributed by atoms with Crippen LogP contribution in [0.4, 0.5) is 52.7 Å². The van der Waals surface area contributed by atoms with Crippen LogP contribution in [0.3, 0.4) is 0 Å². The smallest absolute Gasteiger partial charge is 0.489 e. The third-order valence-corrected chi connectivity index (χ3v) is 8.40. The lowest BCUT2D eigenvalue weighted by Crippen LogP contribution is -2.64. The minimum absolute atomic E-state index is 0.0101. The van der Waals surface area contributed by atoms with Gasteiger partial charge in [-0.3, -0.25) is 13.3 Å². The van der Waals surface area contributed by atoms with Gasteiger partial charge in [0.15, 0.2) is 52.4 Å². The SMILES string of the molecule is CCOC(CC)(c1c(OB(Oc2cc(F)c(F)c(F)c2)Oc2cc(F)c(F)c(F)c2)cc(F)c(F)c1F)[N+](CC)(CC)CC.Fc1c[c-]cc(F)c1F. The average Bonchev–Trinajstić information content (AvgIpc) is 3.11. The zero-order valence-corrected chi connectivity index (χ0v) is 28.8. The number of benzene rings is 4. The van der Waals surface area contributed by atoms with Gasteiger partial charge in [-0.15, -0.1) is 12.1 Å². The van der Waals surface area contributed by atoms with Gasteiger partial charge in [-0.25, -0.2) is 43.9 Å². The lowest BCUT2D eigenvalue weighted by Gasteiger charge is -2.51. The van der Waals surface area contributed by atoms with Gasteiger partial charge < -0.3 is 18.7 Å². The Kier molecular flexibility index (Phi) is 14.5. The average molecular weight is 769 g/mol. The molecule has 0 saturated carbocycles. The van der Waals surface area contributed by atoms with Crippen LogP contribution in [0.25, 0.3) is 0 Å². The molecule has 288 valence electrons. The molecule has 5 nitrogen and oxygen atoms in total. The van der Waals surface area contributed by atoms with Crippen molar-refractivity contribution in [3.63, 3.8) is 0 Å². The van der Waals surface area contributed by atoms with Gasteiger partial charge in [-0.1, -0.05) is 6.92 Å². The highest BCUT2D eigenvalue weighted by Crippen LogP contribution is 2.46. The molecule has 0 aliphatic rings. The number of quaternary nitrogens is 1. The predicted octanol–water partition coefficient (Wildman–Crippen LogP) is 9.84. The second-order valence-electron chi connectivity index (χ2n) is 11.0. The summed E-state index contributed by atoms with van der Waals surface area (Å²) < 4.78 is 187. The maximum absolute atomic E-state index is 15.9. The first-order chi connectivity index (χ1) is 25.0. The van der Waals surface area contributed by atoms with E-state index in [9.17, 15) is 48.3 Å². The first-order valence-electron chi connectivity index (χ1n) is 15.9. The summed E-state index contributed by atoms with van der Waals surface area (Å²) in [7, 11) is -2.39. The minimum atomic E-state index is -2.39. The molecule has 0 aliphatic carbocycles. The minimum Gasteiger partial charge on any atom is -0.489 e. The van der Waals surface area contributed by atoms with E-state index in [1.807, 2.05) is 0 Å². The van der Waals surface area contributed by atoms with Crippen molar-refractivity contribution in [1.29, 1.82) is 0 Å². The Hall–Kier alpha value is -4.58. The third-order valence-electron chi connectivity index (χ3n) is 8.40. The molecule has 18 heteroatoms. The van der Waals surface area contributed by atoms with Gasteiger partial charge in [0.05, 0.1) is 32.1 Å². The molecule has 53 heavy (non-hydrogen) atoms. The molecule has 0 N–H and O–H groups in total. The van der Waals surface area contributed by atoms with Crippen LogP contribution in [0.15, 0.2) is 42.5 Å². The van der Waals surface area contributed by atoms with Crippen LogP contribution in [0.2, 0.25) is 0 Å². The van der Waals surface area contributed by atoms with E-state index in [4.69, 9.17) is 18.7 Å². The largest absolute Gasteiger partial charge is 0.864 e. The second-order valence-corrected chi connectivity index (χ2v) is 11.0. The number of halogens is 12. The Bertz CT molecular complexity index is 1760. The molecule has 0 spiro atoms. The molecule has 4 rings (SSSR count). The van der Waals surface area contributed by atoms with E-state index in [1.54, 1.807) is 34.6 Å². The molecular formula is C35H32BF12NO4. The van der Waals surface area contributed by atoms with Crippen LogP contribution in [0.1, 0.15) is 46.6 Å². The van der Waals surface area contributed by atoms with Crippen LogP contribution in [0, 0.1) is 75.9 Å². The van der Waals surface area contributed by atoms with Gasteiger partial charge in [-0.05, 0) is 27.7 Å². The summed E-state index contributed by atoms with van der Waals surface area (Å²) in [5.74, 6) is -22.1. The fraction of sp³-hybridized carbons (Fsp3) is 0.314. The van der Waals surface area contributed by atoms with Crippen molar-refractivity contribution in [2.75, 3.05) is 26.2 Å². The second kappa shape index (κ2) is 18.0. The summed E-state index contributed by atoms with van der Waals surface area (Å²) >= 11 is 0. The number of ether oxygens (including phenoxy) is 1. The van der Waals surface area contributed by atoms with Gasteiger partial charge in [-0.2, -0.15) is 6.07 Å². The van der Waals surface area contributed by atoms with Crippen LogP contribution in [-0.4, -0.2) is 38.0 Å². The third kappa shape index (κ3) is 8.97. The zero-order chi connectivity index (χ0) is 39.8. The predicted molar refractivity (Wildman–Crippen MR) is 167 cm³/mol. The Morgan fingerprint density at radius 3 is 1.28 bits per heavy atom. The molecule has 1 unspecified atom stereocenters. The van der Waals surface area contributed by atoms with E-state index >= 15 is 4.39 Å². The highest BCUT2D eigenvalue weighted by atomic mass is 19.2. The molecule has 1 atom stereocenters. The van der Waals surface area contributed by atoms with Crippen LogP contribution < -0.4 is 14.0 Å². The molecule has 0 amide bonds. The maximum atomic E-state index is 15.9. The standard InChI is InChI=1S/C29H30BF9NO4.C6H2F3/c1-6-29(41-10-5,40(7-2,8-3)9-4)24-23(15-22(35)27(38)28(24)39)44-30(42-16-11-18(31)25(36)19(32)12-16)43-17-13-20(33)26(37)21(34)14-17;7-4-2-1-3-5(8)6(4)9/h11-15H,6-10H2,1-5H3;2-3H/q+1;-1.